The van der Waals surface area contributed by atoms with Crippen molar-refractivity contribution in [2.75, 3.05) is 0 Å². The molecular weight excluding hydrogens is 590 g/mol. The number of benzene rings is 4. The Morgan fingerprint density at radius 2 is 1.28 bits per heavy atom. The van der Waals surface area contributed by atoms with Crippen LogP contribution in [-0.2, 0) is 11.2 Å². The van der Waals surface area contributed by atoms with Crippen molar-refractivity contribution in [1.82, 2.24) is 0 Å². The van der Waals surface area contributed by atoms with E-state index in [0.717, 1.165) is 24.3 Å². The maximum Gasteiger partial charge on any atom is 0.343 e. The quantitative estimate of drug-likeness (QED) is 0.0863. The molecule has 4 aromatic rings. The van der Waals surface area contributed by atoms with Crippen molar-refractivity contribution < 1.29 is 65.5 Å². The minimum absolute atomic E-state index is 0.0391. The first-order chi connectivity index (χ1) is 20.3. The highest BCUT2D eigenvalue weighted by atomic mass is 19.2. The van der Waals surface area contributed by atoms with Crippen LogP contribution in [0, 0.1) is 34.9 Å². The van der Waals surface area contributed by atoms with Crippen LogP contribution in [0.3, 0.4) is 0 Å². The maximum absolute atomic E-state index is 13.8. The lowest BCUT2D eigenvalue weighted by Crippen LogP contribution is -2.35. The van der Waals surface area contributed by atoms with Crippen LogP contribution in [0.1, 0.15) is 37.9 Å². The van der Waals surface area contributed by atoms with Crippen LogP contribution >= 0.6 is 0 Å². The number of esters is 2. The van der Waals surface area contributed by atoms with E-state index >= 15 is 0 Å². The summed E-state index contributed by atoms with van der Waals surface area (Å²) in [4.78, 5) is 25.6. The predicted octanol–water partition coefficient (Wildman–Crippen LogP) is 5.76. The molecule has 0 aliphatic carbocycles. The molecule has 8 nitrogen and oxygen atoms in total. The normalized spacial score (nSPS) is 15.8. The molecule has 0 aromatic heterocycles. The smallest absolute Gasteiger partial charge is 0.343 e. The van der Waals surface area contributed by atoms with Gasteiger partial charge in [0.05, 0.1) is 11.1 Å². The van der Waals surface area contributed by atoms with Gasteiger partial charge in [-0.1, -0.05) is 6.07 Å². The lowest BCUT2D eigenvalue weighted by atomic mass is 9.93. The monoisotopic (exact) mass is 606 g/mol. The van der Waals surface area contributed by atoms with Crippen molar-refractivity contribution in [3.63, 3.8) is 0 Å². The summed E-state index contributed by atoms with van der Waals surface area (Å²) in [6, 6.07) is 6.99. The molecule has 1 aliphatic heterocycles. The van der Waals surface area contributed by atoms with Crippen LogP contribution in [0.2, 0.25) is 0 Å². The number of fused-ring (bicyclic) bond motifs is 1. The standard InChI is InChI=1S/C29H16F6O8/c30-16-3-12(4-17(31)25(16)34)28(39)42-23-9-14(36)8-22-15(23)10-24(27(41-22)11-1-2-20(37)21(38)7-11)43-29(40)13-5-18(32)26(35)19(33)6-13/h1-9,24,27,36-38H,10H2/t24-,27-/m1/s1. The summed E-state index contributed by atoms with van der Waals surface area (Å²) in [5, 5.41) is 30.0. The van der Waals surface area contributed by atoms with E-state index in [4.69, 9.17) is 14.2 Å². The van der Waals surface area contributed by atoms with E-state index in [9.17, 15) is 51.3 Å². The molecule has 222 valence electrons. The molecule has 0 fully saturated rings. The van der Waals surface area contributed by atoms with Crippen LogP contribution in [0.25, 0.3) is 0 Å². The molecular formula is C29H16F6O8. The fraction of sp³-hybridized carbons (Fsp3) is 0.103. The number of phenols is 3. The number of hydrogen-bond donors (Lipinski definition) is 3. The van der Waals surface area contributed by atoms with Gasteiger partial charge in [0, 0.05) is 29.7 Å². The molecule has 0 radical (unpaired) electrons. The molecule has 1 heterocycles. The van der Waals surface area contributed by atoms with Gasteiger partial charge in [0.25, 0.3) is 0 Å². The Morgan fingerprint density at radius 1 is 0.721 bits per heavy atom. The van der Waals surface area contributed by atoms with Gasteiger partial charge >= 0.3 is 11.9 Å². The first-order valence-electron chi connectivity index (χ1n) is 12.1. The zero-order valence-electron chi connectivity index (χ0n) is 21.2. The maximum atomic E-state index is 13.8. The second-order valence-electron chi connectivity index (χ2n) is 9.25. The third-order valence-electron chi connectivity index (χ3n) is 6.38. The van der Waals surface area contributed by atoms with Crippen LogP contribution in [-0.4, -0.2) is 33.4 Å². The van der Waals surface area contributed by atoms with Crippen LogP contribution in [0.4, 0.5) is 26.3 Å². The Balaban J connectivity index is 1.53. The molecule has 14 heteroatoms. The van der Waals surface area contributed by atoms with Gasteiger partial charge in [-0.25, -0.2) is 35.9 Å². The Hall–Kier alpha value is -5.40. The summed E-state index contributed by atoms with van der Waals surface area (Å²) >= 11 is 0. The number of carbonyl (C=O) groups excluding carboxylic acids is 2. The fourth-order valence-electron chi connectivity index (χ4n) is 4.34. The van der Waals surface area contributed by atoms with E-state index in [1.54, 1.807) is 0 Å². The van der Waals surface area contributed by atoms with Crippen molar-refractivity contribution in [3.05, 3.63) is 112 Å². The van der Waals surface area contributed by atoms with E-state index in [-0.39, 0.29) is 16.9 Å². The summed E-state index contributed by atoms with van der Waals surface area (Å²) in [7, 11) is 0. The van der Waals surface area contributed by atoms with Gasteiger partial charge in [-0.05, 0) is 36.4 Å². The summed E-state index contributed by atoms with van der Waals surface area (Å²) in [6.45, 7) is 0. The van der Waals surface area contributed by atoms with E-state index in [1.165, 1.54) is 6.07 Å². The van der Waals surface area contributed by atoms with Gasteiger partial charge in [-0.3, -0.25) is 0 Å². The van der Waals surface area contributed by atoms with Gasteiger partial charge in [-0.2, -0.15) is 0 Å². The molecule has 0 bridgehead atoms. The third kappa shape index (κ3) is 5.71. The van der Waals surface area contributed by atoms with Crippen molar-refractivity contribution in [2.45, 2.75) is 18.6 Å². The Labute approximate surface area is 236 Å². The molecule has 0 unspecified atom stereocenters. The minimum atomic E-state index is -1.82. The molecule has 0 saturated heterocycles. The molecule has 5 rings (SSSR count). The van der Waals surface area contributed by atoms with Crippen LogP contribution in [0.15, 0.2) is 54.6 Å². The summed E-state index contributed by atoms with van der Waals surface area (Å²) < 4.78 is 98.3. The zero-order chi connectivity index (χ0) is 31.2. The molecule has 2 atom stereocenters. The molecule has 3 N–H and O–H groups in total. The van der Waals surface area contributed by atoms with Gasteiger partial charge < -0.3 is 29.5 Å². The Morgan fingerprint density at radius 3 is 1.84 bits per heavy atom. The Kier molecular flexibility index (Phi) is 7.52. The summed E-state index contributed by atoms with van der Waals surface area (Å²) in [6.07, 6.45) is -3.14. The number of halogens is 6. The number of rotatable bonds is 5. The molecule has 43 heavy (non-hydrogen) atoms. The second kappa shape index (κ2) is 11.1. The first kappa shape index (κ1) is 29.1. The molecule has 0 saturated carbocycles. The number of carbonyl (C=O) groups is 2. The lowest BCUT2D eigenvalue weighted by Gasteiger charge is -2.34. The van der Waals surface area contributed by atoms with Crippen molar-refractivity contribution in [2.24, 2.45) is 0 Å². The predicted molar refractivity (Wildman–Crippen MR) is 132 cm³/mol. The van der Waals surface area contributed by atoms with E-state index in [1.807, 2.05) is 0 Å². The zero-order valence-corrected chi connectivity index (χ0v) is 21.2. The molecule has 1 aliphatic rings. The molecule has 4 aromatic carbocycles. The Bertz CT molecular complexity index is 1750. The lowest BCUT2D eigenvalue weighted by molar-refractivity contribution is -0.0190. The highest BCUT2D eigenvalue weighted by Crippen LogP contribution is 2.44. The average molecular weight is 606 g/mol. The summed E-state index contributed by atoms with van der Waals surface area (Å²) in [5.41, 5.74) is -1.38. The summed E-state index contributed by atoms with van der Waals surface area (Å²) in [5.74, 6) is -15.2. The molecule has 0 amide bonds. The van der Waals surface area contributed by atoms with Gasteiger partial charge in [-0.15, -0.1) is 0 Å². The molecule has 0 spiro atoms. The van der Waals surface area contributed by atoms with Crippen molar-refractivity contribution in [3.8, 4) is 28.7 Å². The first-order valence-corrected chi connectivity index (χ1v) is 12.1. The number of phenolic OH excluding ortho intramolecular Hbond substituents is 3. The van der Waals surface area contributed by atoms with Crippen LogP contribution < -0.4 is 9.47 Å². The minimum Gasteiger partial charge on any atom is -0.508 e. The third-order valence-corrected chi connectivity index (χ3v) is 6.38. The SMILES string of the molecule is O=C(Oc1cc(O)cc2c1C[C@@H](OC(=O)c1cc(F)c(F)c(F)c1)[C@@H](c1ccc(O)c(O)c1)O2)c1cc(F)c(F)c(F)c1. The highest BCUT2D eigenvalue weighted by Gasteiger charge is 2.38. The average Bonchev–Trinajstić information content (AvgIpc) is 2.95. The van der Waals surface area contributed by atoms with E-state index in [2.05, 4.69) is 0 Å². The van der Waals surface area contributed by atoms with E-state index < -0.39 is 99.6 Å². The number of aromatic hydroxyl groups is 3. The number of hydrogen-bond acceptors (Lipinski definition) is 8. The highest BCUT2D eigenvalue weighted by molar-refractivity contribution is 5.91. The second-order valence-corrected chi connectivity index (χ2v) is 9.25. The van der Waals surface area contributed by atoms with Crippen LogP contribution in [0.5, 0.6) is 28.7 Å². The number of ether oxygens (including phenoxy) is 3. The fourth-order valence-corrected chi connectivity index (χ4v) is 4.34. The van der Waals surface area contributed by atoms with Gasteiger partial charge in [0.2, 0.25) is 0 Å². The van der Waals surface area contributed by atoms with Gasteiger partial charge in [0.1, 0.15) is 23.4 Å². The topological polar surface area (TPSA) is 123 Å². The largest absolute Gasteiger partial charge is 0.508 e. The van der Waals surface area contributed by atoms with Gasteiger partial charge in [0.15, 0.2) is 52.5 Å². The van der Waals surface area contributed by atoms with Crippen molar-refractivity contribution >= 4 is 11.9 Å². The van der Waals surface area contributed by atoms with Crippen molar-refractivity contribution in [1.29, 1.82) is 0 Å². The van der Waals surface area contributed by atoms with E-state index in [0.29, 0.717) is 24.3 Å².